The summed E-state index contributed by atoms with van der Waals surface area (Å²) in [6.45, 7) is 3.64. The van der Waals surface area contributed by atoms with Crippen LogP contribution in [0, 0.1) is 0 Å². The smallest absolute Gasteiger partial charge is 0.0541 e. The zero-order chi connectivity index (χ0) is 11.4. The Labute approximate surface area is 98.3 Å². The molecule has 0 amide bonds. The number of aliphatic hydroxyl groups is 1. The van der Waals surface area contributed by atoms with Gasteiger partial charge in [-0.3, -0.25) is 4.99 Å². The van der Waals surface area contributed by atoms with Gasteiger partial charge in [-0.15, -0.1) is 0 Å². The largest absolute Gasteiger partial charge is 0.393 e. The molecule has 3 heteroatoms. The Hall–Kier alpha value is -0.410. The normalized spacial score (nSPS) is 40.6. The van der Waals surface area contributed by atoms with Crippen LogP contribution in [0.3, 0.4) is 0 Å². The Bertz CT molecular complexity index is 216. The van der Waals surface area contributed by atoms with Crippen molar-refractivity contribution in [2.24, 2.45) is 4.99 Å². The predicted molar refractivity (Wildman–Crippen MR) is 67.0 cm³/mol. The highest BCUT2D eigenvalue weighted by atomic mass is 16.3. The van der Waals surface area contributed by atoms with Crippen LogP contribution < -0.4 is 5.32 Å². The molecule has 2 saturated carbocycles. The number of aliphatic hydroxyl groups excluding tert-OH is 1. The summed E-state index contributed by atoms with van der Waals surface area (Å²) in [7, 11) is 0. The third-order valence-corrected chi connectivity index (χ3v) is 4.12. The van der Waals surface area contributed by atoms with Crippen LogP contribution in [-0.2, 0) is 0 Å². The van der Waals surface area contributed by atoms with Gasteiger partial charge in [0, 0.05) is 18.1 Å². The van der Waals surface area contributed by atoms with Gasteiger partial charge in [0.05, 0.1) is 6.10 Å². The molecule has 0 radical (unpaired) electrons. The van der Waals surface area contributed by atoms with E-state index >= 15 is 0 Å². The van der Waals surface area contributed by atoms with E-state index in [2.05, 4.69) is 17.0 Å². The van der Waals surface area contributed by atoms with Gasteiger partial charge in [0.1, 0.15) is 0 Å². The second-order valence-corrected chi connectivity index (χ2v) is 5.36. The van der Waals surface area contributed by atoms with Crippen molar-refractivity contribution in [2.45, 2.75) is 75.6 Å². The molecule has 3 nitrogen and oxygen atoms in total. The van der Waals surface area contributed by atoms with Crippen LogP contribution in [0.4, 0.5) is 0 Å². The standard InChI is InChI=1S/C13H24N2O/c1-14-10-2-4-11(5-3-10)15-12-6-8-13(16)9-7-12/h10-13,15-16H,1-9H2. The first-order valence-corrected chi connectivity index (χ1v) is 6.68. The van der Waals surface area contributed by atoms with Gasteiger partial charge in [-0.1, -0.05) is 0 Å². The molecule has 2 aliphatic carbocycles. The summed E-state index contributed by atoms with van der Waals surface area (Å²) in [5.74, 6) is 0. The quantitative estimate of drug-likeness (QED) is 0.719. The molecule has 0 saturated heterocycles. The molecule has 0 spiro atoms. The van der Waals surface area contributed by atoms with Gasteiger partial charge in [0.25, 0.3) is 0 Å². The van der Waals surface area contributed by atoms with Crippen LogP contribution in [0.15, 0.2) is 4.99 Å². The van der Waals surface area contributed by atoms with E-state index in [9.17, 15) is 5.11 Å². The maximum Gasteiger partial charge on any atom is 0.0541 e. The van der Waals surface area contributed by atoms with Crippen molar-refractivity contribution in [1.82, 2.24) is 5.32 Å². The van der Waals surface area contributed by atoms with Crippen molar-refractivity contribution in [3.63, 3.8) is 0 Å². The first-order valence-electron chi connectivity index (χ1n) is 6.68. The SMILES string of the molecule is C=NC1CCC(NC2CCC(O)CC2)CC1. The molecule has 2 aliphatic rings. The summed E-state index contributed by atoms with van der Waals surface area (Å²) in [5, 5.41) is 13.2. The molecule has 0 unspecified atom stereocenters. The van der Waals surface area contributed by atoms with Gasteiger partial charge < -0.3 is 10.4 Å². The van der Waals surface area contributed by atoms with Gasteiger partial charge in [-0.05, 0) is 58.1 Å². The van der Waals surface area contributed by atoms with E-state index in [0.29, 0.717) is 18.1 Å². The highest BCUT2D eigenvalue weighted by Gasteiger charge is 2.24. The molecule has 2 rings (SSSR count). The minimum absolute atomic E-state index is 0.0428. The fourth-order valence-electron chi connectivity index (χ4n) is 3.00. The van der Waals surface area contributed by atoms with Crippen molar-refractivity contribution >= 4 is 6.72 Å². The van der Waals surface area contributed by atoms with E-state index in [-0.39, 0.29) is 6.10 Å². The Kier molecular flexibility index (Phi) is 4.36. The molecule has 0 aromatic rings. The van der Waals surface area contributed by atoms with Gasteiger partial charge in [-0.2, -0.15) is 0 Å². The maximum absolute atomic E-state index is 9.45. The van der Waals surface area contributed by atoms with Crippen LogP contribution >= 0.6 is 0 Å². The van der Waals surface area contributed by atoms with Gasteiger partial charge >= 0.3 is 0 Å². The number of rotatable bonds is 3. The Balaban J connectivity index is 1.68. The number of nitrogens with zero attached hydrogens (tertiary/aromatic N) is 1. The van der Waals surface area contributed by atoms with Gasteiger partial charge in [-0.25, -0.2) is 0 Å². The summed E-state index contributed by atoms with van der Waals surface area (Å²) in [4.78, 5) is 4.13. The lowest BCUT2D eigenvalue weighted by Gasteiger charge is -2.33. The summed E-state index contributed by atoms with van der Waals surface area (Å²) in [6, 6.07) is 1.83. The van der Waals surface area contributed by atoms with E-state index < -0.39 is 0 Å². The topological polar surface area (TPSA) is 44.6 Å². The molecule has 0 aliphatic heterocycles. The molecule has 0 bridgehead atoms. The van der Waals surface area contributed by atoms with Crippen LogP contribution in [0.1, 0.15) is 51.4 Å². The zero-order valence-electron chi connectivity index (χ0n) is 10.1. The van der Waals surface area contributed by atoms with Crippen LogP contribution in [0.2, 0.25) is 0 Å². The van der Waals surface area contributed by atoms with E-state index in [1.807, 2.05) is 0 Å². The molecule has 92 valence electrons. The van der Waals surface area contributed by atoms with E-state index in [1.165, 1.54) is 25.7 Å². The number of hydrogen-bond donors (Lipinski definition) is 2. The minimum Gasteiger partial charge on any atom is -0.393 e. The fraction of sp³-hybridized carbons (Fsp3) is 0.923. The van der Waals surface area contributed by atoms with Gasteiger partial charge in [0.2, 0.25) is 0 Å². The summed E-state index contributed by atoms with van der Waals surface area (Å²) in [5.41, 5.74) is 0. The lowest BCUT2D eigenvalue weighted by molar-refractivity contribution is 0.112. The summed E-state index contributed by atoms with van der Waals surface area (Å²) in [6.07, 6.45) is 9.04. The summed E-state index contributed by atoms with van der Waals surface area (Å²) >= 11 is 0. The first-order chi connectivity index (χ1) is 7.78. The van der Waals surface area contributed by atoms with Crippen molar-refractivity contribution in [3.05, 3.63) is 0 Å². The Morgan fingerprint density at radius 1 is 0.875 bits per heavy atom. The molecule has 16 heavy (non-hydrogen) atoms. The molecular weight excluding hydrogens is 200 g/mol. The predicted octanol–water partition coefficient (Wildman–Crippen LogP) is 1.89. The number of hydrogen-bond acceptors (Lipinski definition) is 3. The van der Waals surface area contributed by atoms with E-state index in [1.54, 1.807) is 0 Å². The molecule has 0 heterocycles. The van der Waals surface area contributed by atoms with Gasteiger partial charge in [0.15, 0.2) is 0 Å². The van der Waals surface area contributed by atoms with E-state index in [0.717, 1.165) is 25.7 Å². The van der Waals surface area contributed by atoms with Crippen LogP contribution in [-0.4, -0.2) is 36.1 Å². The third kappa shape index (κ3) is 3.29. The number of nitrogens with one attached hydrogen (secondary N) is 1. The highest BCUT2D eigenvalue weighted by Crippen LogP contribution is 2.24. The number of aliphatic imine (C=N–C) groups is 1. The average molecular weight is 224 g/mol. The lowest BCUT2D eigenvalue weighted by Crippen LogP contribution is -2.43. The Morgan fingerprint density at radius 2 is 1.38 bits per heavy atom. The molecule has 0 atom stereocenters. The van der Waals surface area contributed by atoms with Crippen molar-refractivity contribution in [1.29, 1.82) is 0 Å². The van der Waals surface area contributed by atoms with Crippen LogP contribution in [0.25, 0.3) is 0 Å². The second kappa shape index (κ2) is 5.78. The first kappa shape index (κ1) is 12.1. The summed E-state index contributed by atoms with van der Waals surface area (Å²) < 4.78 is 0. The third-order valence-electron chi connectivity index (χ3n) is 4.12. The monoisotopic (exact) mass is 224 g/mol. The average Bonchev–Trinajstić information content (AvgIpc) is 2.33. The maximum atomic E-state index is 9.45. The van der Waals surface area contributed by atoms with Crippen molar-refractivity contribution < 1.29 is 5.11 Å². The molecule has 2 fully saturated rings. The van der Waals surface area contributed by atoms with Crippen LogP contribution in [0.5, 0.6) is 0 Å². The Morgan fingerprint density at radius 3 is 1.88 bits per heavy atom. The molecule has 0 aromatic heterocycles. The highest BCUT2D eigenvalue weighted by molar-refractivity contribution is 5.24. The van der Waals surface area contributed by atoms with Crippen molar-refractivity contribution in [2.75, 3.05) is 0 Å². The molecular formula is C13H24N2O. The molecule has 2 N–H and O–H groups in total. The second-order valence-electron chi connectivity index (χ2n) is 5.36. The lowest BCUT2D eigenvalue weighted by atomic mass is 9.88. The fourth-order valence-corrected chi connectivity index (χ4v) is 3.00. The van der Waals surface area contributed by atoms with Crippen molar-refractivity contribution in [3.8, 4) is 0 Å². The van der Waals surface area contributed by atoms with E-state index in [4.69, 9.17) is 0 Å². The molecule has 0 aromatic carbocycles. The minimum atomic E-state index is -0.0428. The zero-order valence-corrected chi connectivity index (χ0v) is 10.1.